The van der Waals surface area contributed by atoms with Gasteiger partial charge in [-0.05, 0) is 18.2 Å². The van der Waals surface area contributed by atoms with Crippen LogP contribution in [0.5, 0.6) is 5.75 Å². The highest BCUT2D eigenvalue weighted by atomic mass is 19.3. The summed E-state index contributed by atoms with van der Waals surface area (Å²) in [5, 5.41) is 10.7. The molecule has 0 aliphatic heterocycles. The summed E-state index contributed by atoms with van der Waals surface area (Å²) in [6.07, 6.45) is -3.93. The van der Waals surface area contributed by atoms with Crippen molar-refractivity contribution in [1.82, 2.24) is 5.32 Å². The van der Waals surface area contributed by atoms with Crippen LogP contribution in [0.25, 0.3) is 0 Å². The molecule has 0 aliphatic carbocycles. The van der Waals surface area contributed by atoms with Crippen molar-refractivity contribution < 1.29 is 31.9 Å². The van der Waals surface area contributed by atoms with E-state index in [1.54, 1.807) is 0 Å². The van der Waals surface area contributed by atoms with E-state index in [-0.39, 0.29) is 0 Å². The van der Waals surface area contributed by atoms with Gasteiger partial charge in [0, 0.05) is 0 Å². The van der Waals surface area contributed by atoms with E-state index in [4.69, 9.17) is 0 Å². The summed E-state index contributed by atoms with van der Waals surface area (Å²) in [7, 11) is 0. The van der Waals surface area contributed by atoms with E-state index >= 15 is 0 Å². The highest BCUT2D eigenvalue weighted by Gasteiger charge is 2.40. The predicted octanol–water partition coefficient (Wildman–Crippen LogP) is 2.16. The van der Waals surface area contributed by atoms with Crippen LogP contribution in [-0.2, 0) is 0 Å². The fourth-order valence-electron chi connectivity index (χ4n) is 1.06. The molecule has 18 heavy (non-hydrogen) atoms. The highest BCUT2D eigenvalue weighted by molar-refractivity contribution is 5.96. The Morgan fingerprint density at radius 2 is 2.00 bits per heavy atom. The van der Waals surface area contributed by atoms with Crippen LogP contribution >= 0.6 is 0 Å². The van der Waals surface area contributed by atoms with Crippen LogP contribution in [0.3, 0.4) is 0 Å². The lowest BCUT2D eigenvalue weighted by molar-refractivity contribution is -0.123. The summed E-state index contributed by atoms with van der Waals surface area (Å²) in [6, 6.07) is 2.29. The smallest absolute Gasteiger partial charge is 0.324 e. The molecular formula is C10H8F5NO2. The summed E-state index contributed by atoms with van der Waals surface area (Å²) >= 11 is 0. The first-order valence-electron chi connectivity index (χ1n) is 4.66. The molecule has 0 aromatic heterocycles. The number of carbonyl (C=O) groups excluding carboxylic acids is 1. The van der Waals surface area contributed by atoms with Gasteiger partial charge in [0.05, 0.1) is 12.1 Å². The molecule has 1 aromatic carbocycles. The molecule has 8 heteroatoms. The third kappa shape index (κ3) is 3.31. The summed E-state index contributed by atoms with van der Waals surface area (Å²) in [5.41, 5.74) is -0.611. The fraction of sp³-hybridized carbons (Fsp3) is 0.300. The van der Waals surface area contributed by atoms with Crippen molar-refractivity contribution in [2.45, 2.75) is 12.3 Å². The number of hydrogen-bond acceptors (Lipinski definition) is 2. The van der Waals surface area contributed by atoms with E-state index in [2.05, 4.69) is 0 Å². The maximum Gasteiger partial charge on any atom is 0.324 e. The molecule has 0 fully saturated rings. The maximum atomic E-state index is 12.8. The maximum absolute atomic E-state index is 12.8. The summed E-state index contributed by atoms with van der Waals surface area (Å²) in [4.78, 5) is 11.3. The predicted molar refractivity (Wildman–Crippen MR) is 51.3 cm³/mol. The molecular weight excluding hydrogens is 261 g/mol. The zero-order valence-electron chi connectivity index (χ0n) is 8.76. The molecule has 0 atom stereocenters. The van der Waals surface area contributed by atoms with Crippen molar-refractivity contribution >= 4 is 5.91 Å². The van der Waals surface area contributed by atoms with E-state index < -0.39 is 41.9 Å². The highest BCUT2D eigenvalue weighted by Crippen LogP contribution is 2.22. The fourth-order valence-corrected chi connectivity index (χ4v) is 1.06. The zero-order chi connectivity index (χ0) is 13.9. The largest absolute Gasteiger partial charge is 0.507 e. The van der Waals surface area contributed by atoms with Gasteiger partial charge in [-0.3, -0.25) is 4.79 Å². The third-order valence-corrected chi connectivity index (χ3v) is 2.01. The Morgan fingerprint density at radius 1 is 1.39 bits per heavy atom. The van der Waals surface area contributed by atoms with Crippen LogP contribution < -0.4 is 5.32 Å². The molecule has 1 amide bonds. The van der Waals surface area contributed by atoms with Crippen molar-refractivity contribution in [3.8, 4) is 5.75 Å². The van der Waals surface area contributed by atoms with Gasteiger partial charge < -0.3 is 10.4 Å². The Morgan fingerprint density at radius 3 is 2.56 bits per heavy atom. The van der Waals surface area contributed by atoms with Gasteiger partial charge >= 0.3 is 12.3 Å². The van der Waals surface area contributed by atoms with Crippen LogP contribution in [0.4, 0.5) is 22.0 Å². The van der Waals surface area contributed by atoms with Gasteiger partial charge in [-0.1, -0.05) is 0 Å². The molecule has 0 aliphatic rings. The molecule has 2 N–H and O–H groups in total. The van der Waals surface area contributed by atoms with Crippen LogP contribution in [-0.4, -0.2) is 29.9 Å². The Bertz CT molecular complexity index is 450. The quantitative estimate of drug-likeness (QED) is 0.823. The Hall–Kier alpha value is -1.86. The number of hydrogen-bond donors (Lipinski definition) is 2. The second-order valence-corrected chi connectivity index (χ2v) is 3.41. The number of benzene rings is 1. The summed E-state index contributed by atoms with van der Waals surface area (Å²) in [6.45, 7) is -1.61. The molecule has 1 rings (SSSR count). The van der Waals surface area contributed by atoms with Crippen LogP contribution in [0.15, 0.2) is 18.2 Å². The number of amides is 1. The number of carbonyl (C=O) groups is 1. The minimum absolute atomic E-state index is 0.602. The van der Waals surface area contributed by atoms with Crippen molar-refractivity contribution in [3.63, 3.8) is 0 Å². The minimum Gasteiger partial charge on any atom is -0.507 e. The average Bonchev–Trinajstić information content (AvgIpc) is 2.29. The van der Waals surface area contributed by atoms with E-state index in [9.17, 15) is 31.9 Å². The molecule has 3 nitrogen and oxygen atoms in total. The number of nitrogens with one attached hydrogen (secondary N) is 1. The first-order chi connectivity index (χ1) is 8.24. The normalized spacial score (nSPS) is 11.7. The lowest BCUT2D eigenvalue weighted by atomic mass is 10.2. The van der Waals surface area contributed by atoms with Crippen LogP contribution in [0.2, 0.25) is 0 Å². The molecule has 0 saturated heterocycles. The number of phenols is 1. The van der Waals surface area contributed by atoms with Gasteiger partial charge in [-0.2, -0.15) is 8.78 Å². The summed E-state index contributed by atoms with van der Waals surface area (Å²) < 4.78 is 61.3. The standard InChI is InChI=1S/C10H8F5NO2/c11-5-1-2-7(17)6(3-5)8(18)16-4-10(14,15)9(12)13/h1-3,9,17H,4H2,(H,16,18). The molecule has 0 heterocycles. The monoisotopic (exact) mass is 269 g/mol. The van der Waals surface area contributed by atoms with E-state index in [1.807, 2.05) is 0 Å². The SMILES string of the molecule is O=C(NCC(F)(F)C(F)F)c1cc(F)ccc1O. The molecule has 0 saturated carbocycles. The number of alkyl halides is 4. The van der Waals surface area contributed by atoms with Crippen molar-refractivity contribution in [3.05, 3.63) is 29.6 Å². The lowest BCUT2D eigenvalue weighted by Gasteiger charge is -2.15. The van der Waals surface area contributed by atoms with Crippen molar-refractivity contribution in [1.29, 1.82) is 0 Å². The molecule has 0 radical (unpaired) electrons. The van der Waals surface area contributed by atoms with Crippen LogP contribution in [0.1, 0.15) is 10.4 Å². The van der Waals surface area contributed by atoms with Gasteiger partial charge in [-0.15, -0.1) is 0 Å². The number of aromatic hydroxyl groups is 1. The van der Waals surface area contributed by atoms with Gasteiger partial charge in [-0.25, -0.2) is 13.2 Å². The van der Waals surface area contributed by atoms with E-state index in [0.717, 1.165) is 12.1 Å². The summed E-state index contributed by atoms with van der Waals surface area (Å²) in [5.74, 6) is -7.18. The molecule has 1 aromatic rings. The zero-order valence-corrected chi connectivity index (χ0v) is 8.76. The first kappa shape index (κ1) is 14.2. The van der Waals surface area contributed by atoms with Crippen molar-refractivity contribution in [2.24, 2.45) is 0 Å². The average molecular weight is 269 g/mol. The first-order valence-corrected chi connectivity index (χ1v) is 4.66. The minimum atomic E-state index is -4.39. The second-order valence-electron chi connectivity index (χ2n) is 3.41. The number of halogens is 5. The van der Waals surface area contributed by atoms with Gasteiger partial charge in [0.1, 0.15) is 11.6 Å². The molecule has 0 bridgehead atoms. The van der Waals surface area contributed by atoms with Gasteiger partial charge in [0.25, 0.3) is 5.91 Å². The number of rotatable bonds is 4. The van der Waals surface area contributed by atoms with E-state index in [1.165, 1.54) is 5.32 Å². The topological polar surface area (TPSA) is 49.3 Å². The molecule has 0 unspecified atom stereocenters. The lowest BCUT2D eigenvalue weighted by Crippen LogP contribution is -2.41. The van der Waals surface area contributed by atoms with Gasteiger partial charge in [0.2, 0.25) is 0 Å². The third-order valence-electron chi connectivity index (χ3n) is 2.01. The van der Waals surface area contributed by atoms with Crippen molar-refractivity contribution in [2.75, 3.05) is 6.54 Å². The van der Waals surface area contributed by atoms with E-state index in [0.29, 0.717) is 6.07 Å². The molecule has 100 valence electrons. The Balaban J connectivity index is 2.75. The van der Waals surface area contributed by atoms with Gasteiger partial charge in [0.15, 0.2) is 0 Å². The molecule has 0 spiro atoms. The van der Waals surface area contributed by atoms with Crippen LogP contribution in [0, 0.1) is 5.82 Å². The second kappa shape index (κ2) is 5.19. The Kier molecular flexibility index (Phi) is 4.10. The number of phenolic OH excluding ortho intramolecular Hbond substituents is 1. The Labute approximate surface area is 98.2 Å².